The van der Waals surface area contributed by atoms with Gasteiger partial charge in [0.25, 0.3) is 0 Å². The minimum absolute atomic E-state index is 0.393. The summed E-state index contributed by atoms with van der Waals surface area (Å²) in [5.74, 6) is -5.64. The van der Waals surface area contributed by atoms with E-state index < -0.39 is 55.0 Å². The first-order valence-electron chi connectivity index (χ1n) is 6.30. The lowest BCUT2D eigenvalue weighted by atomic mass is 10.1. The van der Waals surface area contributed by atoms with E-state index in [0.29, 0.717) is 0 Å². The van der Waals surface area contributed by atoms with Gasteiger partial charge in [0.1, 0.15) is 22.3 Å². The van der Waals surface area contributed by atoms with Gasteiger partial charge in [0.2, 0.25) is 0 Å². The number of carbonyl (C=O) groups excluding carboxylic acids is 1. The van der Waals surface area contributed by atoms with Crippen molar-refractivity contribution < 1.29 is 31.1 Å². The van der Waals surface area contributed by atoms with Gasteiger partial charge in [0.15, 0.2) is 9.84 Å². The zero-order chi connectivity index (χ0) is 17.2. The minimum atomic E-state index is -4.49. The number of hydrogen-bond donors (Lipinski definition) is 0. The van der Waals surface area contributed by atoms with Crippen molar-refractivity contribution in [1.29, 1.82) is 0 Å². The van der Waals surface area contributed by atoms with E-state index in [-0.39, 0.29) is 0 Å². The Bertz CT molecular complexity index is 843. The van der Waals surface area contributed by atoms with Crippen molar-refractivity contribution in [2.45, 2.75) is 10.6 Å². The van der Waals surface area contributed by atoms with E-state index in [2.05, 4.69) is 4.74 Å². The SMILES string of the molecule is COC(=O)c1cccc(CS(=O)(=O)c2c(F)cccc2F)c1F. The fraction of sp³-hybridized carbons (Fsp3) is 0.133. The van der Waals surface area contributed by atoms with Crippen LogP contribution in [0.15, 0.2) is 41.3 Å². The quantitative estimate of drug-likeness (QED) is 0.800. The smallest absolute Gasteiger partial charge is 0.340 e. The first kappa shape index (κ1) is 17.0. The zero-order valence-electron chi connectivity index (χ0n) is 11.8. The highest BCUT2D eigenvalue weighted by Gasteiger charge is 2.26. The Balaban J connectivity index is 2.49. The predicted molar refractivity (Wildman–Crippen MR) is 75.0 cm³/mol. The highest BCUT2D eigenvalue weighted by Crippen LogP contribution is 2.24. The maximum absolute atomic E-state index is 14.2. The normalized spacial score (nSPS) is 11.3. The third-order valence-electron chi connectivity index (χ3n) is 3.06. The molecule has 0 saturated carbocycles. The lowest BCUT2D eigenvalue weighted by Gasteiger charge is -2.09. The third-order valence-corrected chi connectivity index (χ3v) is 4.76. The molecule has 2 aromatic carbocycles. The van der Waals surface area contributed by atoms with Crippen LogP contribution in [0.3, 0.4) is 0 Å². The number of benzene rings is 2. The summed E-state index contributed by atoms with van der Waals surface area (Å²) in [6.45, 7) is 0. The number of hydrogen-bond acceptors (Lipinski definition) is 4. The molecule has 2 rings (SSSR count). The molecule has 0 amide bonds. The van der Waals surface area contributed by atoms with Gasteiger partial charge in [-0.2, -0.15) is 0 Å². The van der Waals surface area contributed by atoms with Gasteiger partial charge in [-0.3, -0.25) is 0 Å². The van der Waals surface area contributed by atoms with E-state index in [4.69, 9.17) is 0 Å². The van der Waals surface area contributed by atoms with Gasteiger partial charge in [-0.25, -0.2) is 26.4 Å². The number of carbonyl (C=O) groups is 1. The number of halogens is 3. The zero-order valence-corrected chi connectivity index (χ0v) is 12.7. The first-order chi connectivity index (χ1) is 10.8. The molecule has 0 unspecified atom stereocenters. The summed E-state index contributed by atoms with van der Waals surface area (Å²) >= 11 is 0. The van der Waals surface area contributed by atoms with Crippen LogP contribution in [0.25, 0.3) is 0 Å². The van der Waals surface area contributed by atoms with Gasteiger partial charge in [-0.1, -0.05) is 18.2 Å². The topological polar surface area (TPSA) is 60.4 Å². The predicted octanol–water partition coefficient (Wildman–Crippen LogP) is 2.86. The second kappa shape index (κ2) is 6.41. The fourth-order valence-corrected chi connectivity index (χ4v) is 3.52. The molecule has 0 spiro atoms. The summed E-state index contributed by atoms with van der Waals surface area (Å²) in [6, 6.07) is 6.06. The Morgan fingerprint density at radius 2 is 1.61 bits per heavy atom. The summed E-state index contributed by atoms with van der Waals surface area (Å²) in [5.41, 5.74) is -0.857. The Morgan fingerprint density at radius 1 is 1.04 bits per heavy atom. The van der Waals surface area contributed by atoms with Crippen molar-refractivity contribution in [3.8, 4) is 0 Å². The summed E-state index contributed by atoms with van der Waals surface area (Å²) in [4.78, 5) is 10.3. The van der Waals surface area contributed by atoms with Crippen molar-refractivity contribution in [2.24, 2.45) is 0 Å². The van der Waals surface area contributed by atoms with E-state index in [0.717, 1.165) is 37.4 Å². The van der Waals surface area contributed by atoms with Gasteiger partial charge in [-0.05, 0) is 18.2 Å². The van der Waals surface area contributed by atoms with E-state index in [1.54, 1.807) is 0 Å². The Kier molecular flexibility index (Phi) is 4.74. The summed E-state index contributed by atoms with van der Waals surface area (Å²) < 4.78 is 70.2. The Hall–Kier alpha value is -2.35. The molecule has 0 saturated heterocycles. The molecule has 23 heavy (non-hydrogen) atoms. The molecule has 2 aromatic rings. The lowest BCUT2D eigenvalue weighted by molar-refractivity contribution is 0.0595. The van der Waals surface area contributed by atoms with Crippen molar-refractivity contribution in [3.05, 3.63) is 65.0 Å². The summed E-state index contributed by atoms with van der Waals surface area (Å²) in [7, 11) is -3.45. The van der Waals surface area contributed by atoms with E-state index >= 15 is 0 Å². The molecule has 0 aromatic heterocycles. The molecular formula is C15H11F3O4S. The Labute approximate surface area is 130 Å². The van der Waals surface area contributed by atoms with Crippen LogP contribution in [0.2, 0.25) is 0 Å². The lowest BCUT2D eigenvalue weighted by Crippen LogP contribution is -2.13. The van der Waals surface area contributed by atoms with Crippen LogP contribution in [0.1, 0.15) is 15.9 Å². The molecule has 0 fully saturated rings. The molecule has 4 nitrogen and oxygen atoms in total. The number of rotatable bonds is 4. The van der Waals surface area contributed by atoms with Crippen LogP contribution in [0.4, 0.5) is 13.2 Å². The first-order valence-corrected chi connectivity index (χ1v) is 7.95. The molecular weight excluding hydrogens is 333 g/mol. The molecule has 122 valence electrons. The molecule has 0 atom stereocenters. The minimum Gasteiger partial charge on any atom is -0.465 e. The van der Waals surface area contributed by atoms with E-state index in [1.165, 1.54) is 6.07 Å². The molecule has 0 radical (unpaired) electrons. The third kappa shape index (κ3) is 3.37. The average molecular weight is 344 g/mol. The van der Waals surface area contributed by atoms with Gasteiger partial charge >= 0.3 is 5.97 Å². The molecule has 0 heterocycles. The van der Waals surface area contributed by atoms with Crippen molar-refractivity contribution in [1.82, 2.24) is 0 Å². The maximum Gasteiger partial charge on any atom is 0.340 e. The Morgan fingerprint density at radius 3 is 2.17 bits per heavy atom. The van der Waals surface area contributed by atoms with Crippen LogP contribution < -0.4 is 0 Å². The molecule has 0 aliphatic rings. The summed E-state index contributed by atoms with van der Waals surface area (Å²) in [5, 5.41) is 0. The number of ether oxygens (including phenoxy) is 1. The molecule has 0 aliphatic heterocycles. The van der Waals surface area contributed by atoms with Gasteiger partial charge in [-0.15, -0.1) is 0 Å². The molecule has 8 heteroatoms. The van der Waals surface area contributed by atoms with Crippen molar-refractivity contribution in [3.63, 3.8) is 0 Å². The number of esters is 1. The van der Waals surface area contributed by atoms with Gasteiger partial charge in [0, 0.05) is 5.56 Å². The number of methoxy groups -OCH3 is 1. The average Bonchev–Trinajstić information content (AvgIpc) is 2.48. The fourth-order valence-electron chi connectivity index (χ4n) is 2.02. The highest BCUT2D eigenvalue weighted by atomic mass is 32.2. The van der Waals surface area contributed by atoms with E-state index in [9.17, 15) is 26.4 Å². The van der Waals surface area contributed by atoms with Crippen LogP contribution in [-0.4, -0.2) is 21.5 Å². The highest BCUT2D eigenvalue weighted by molar-refractivity contribution is 7.90. The molecule has 0 aliphatic carbocycles. The molecule has 0 bridgehead atoms. The second-order valence-corrected chi connectivity index (χ2v) is 6.51. The monoisotopic (exact) mass is 344 g/mol. The number of sulfone groups is 1. The standard InChI is InChI=1S/C15H11F3O4S/c1-22-15(19)10-5-2-4-9(13(10)18)8-23(20,21)14-11(16)6-3-7-12(14)17/h2-7H,8H2,1H3. The van der Waals surface area contributed by atoms with Crippen molar-refractivity contribution >= 4 is 15.8 Å². The van der Waals surface area contributed by atoms with E-state index in [1.807, 2.05) is 0 Å². The van der Waals surface area contributed by atoms with Gasteiger partial charge in [0.05, 0.1) is 18.4 Å². The van der Waals surface area contributed by atoms with Crippen molar-refractivity contribution in [2.75, 3.05) is 7.11 Å². The van der Waals surface area contributed by atoms with Crippen LogP contribution >= 0.6 is 0 Å². The second-order valence-electron chi connectivity index (χ2n) is 4.58. The maximum atomic E-state index is 14.2. The van der Waals surface area contributed by atoms with Crippen LogP contribution in [0, 0.1) is 17.5 Å². The summed E-state index contributed by atoms with van der Waals surface area (Å²) in [6.07, 6.45) is 0. The molecule has 0 N–H and O–H groups in total. The van der Waals surface area contributed by atoms with Crippen LogP contribution in [-0.2, 0) is 20.3 Å². The van der Waals surface area contributed by atoms with Gasteiger partial charge < -0.3 is 4.74 Å². The van der Waals surface area contributed by atoms with Crippen LogP contribution in [0.5, 0.6) is 0 Å². The largest absolute Gasteiger partial charge is 0.465 e.